The van der Waals surface area contributed by atoms with Crippen molar-refractivity contribution in [1.29, 1.82) is 0 Å². The zero-order valence-electron chi connectivity index (χ0n) is 8.82. The van der Waals surface area contributed by atoms with Crippen molar-refractivity contribution >= 4 is 5.97 Å². The molecular weight excluding hydrogens is 194 g/mol. The third-order valence-electron chi connectivity index (χ3n) is 3.09. The fraction of sp³-hybridized carbons (Fsp3) is 0.636. The van der Waals surface area contributed by atoms with Crippen LogP contribution in [0.1, 0.15) is 59.8 Å². The highest BCUT2D eigenvalue weighted by Crippen LogP contribution is 2.34. The summed E-state index contributed by atoms with van der Waals surface area (Å²) in [5, 5.41) is 13.0. The van der Waals surface area contributed by atoms with E-state index in [4.69, 9.17) is 9.63 Å². The molecule has 1 aliphatic rings. The van der Waals surface area contributed by atoms with Crippen molar-refractivity contribution in [2.45, 2.75) is 44.9 Å². The van der Waals surface area contributed by atoms with Gasteiger partial charge in [0.15, 0.2) is 0 Å². The highest BCUT2D eigenvalue weighted by Gasteiger charge is 2.27. The van der Waals surface area contributed by atoms with Crippen LogP contribution in [0.2, 0.25) is 0 Å². The number of hydrogen-bond donors (Lipinski definition) is 1. The maximum absolute atomic E-state index is 11.0. The normalized spacial score (nSPS) is 17.9. The molecule has 1 aromatic heterocycles. The van der Waals surface area contributed by atoms with E-state index >= 15 is 0 Å². The number of nitrogens with zero attached hydrogens (tertiary/aromatic N) is 1. The fourth-order valence-electron chi connectivity index (χ4n) is 2.30. The second-order valence-corrected chi connectivity index (χ2v) is 4.14. The van der Waals surface area contributed by atoms with Gasteiger partial charge in [-0.05, 0) is 19.8 Å². The predicted molar refractivity (Wildman–Crippen MR) is 54.0 cm³/mol. The van der Waals surface area contributed by atoms with Gasteiger partial charge in [0.25, 0.3) is 0 Å². The van der Waals surface area contributed by atoms with Crippen molar-refractivity contribution in [1.82, 2.24) is 5.16 Å². The minimum atomic E-state index is -0.922. The first-order valence-electron chi connectivity index (χ1n) is 5.39. The van der Waals surface area contributed by atoms with E-state index in [2.05, 4.69) is 5.16 Å². The quantitative estimate of drug-likeness (QED) is 0.813. The summed E-state index contributed by atoms with van der Waals surface area (Å²) in [4.78, 5) is 11.0. The Labute approximate surface area is 88.3 Å². The summed E-state index contributed by atoms with van der Waals surface area (Å²) in [5.74, 6) is -0.223. The van der Waals surface area contributed by atoms with E-state index in [0.717, 1.165) is 25.7 Å². The third-order valence-corrected chi connectivity index (χ3v) is 3.09. The summed E-state index contributed by atoms with van der Waals surface area (Å²) < 4.78 is 4.98. The van der Waals surface area contributed by atoms with Gasteiger partial charge in [0.1, 0.15) is 17.0 Å². The molecule has 1 aromatic rings. The predicted octanol–water partition coefficient (Wildman–Crippen LogP) is 2.73. The van der Waals surface area contributed by atoms with Crippen LogP contribution in [-0.2, 0) is 0 Å². The molecule has 1 heterocycles. The van der Waals surface area contributed by atoms with Gasteiger partial charge in [-0.2, -0.15) is 0 Å². The van der Waals surface area contributed by atoms with Crippen LogP contribution in [0, 0.1) is 6.92 Å². The van der Waals surface area contributed by atoms with Gasteiger partial charge in [-0.15, -0.1) is 0 Å². The summed E-state index contributed by atoms with van der Waals surface area (Å²) >= 11 is 0. The van der Waals surface area contributed by atoms with Gasteiger partial charge in [0.05, 0.1) is 0 Å². The smallest absolute Gasteiger partial charge is 0.341 e. The highest BCUT2D eigenvalue weighted by atomic mass is 16.5. The van der Waals surface area contributed by atoms with Crippen molar-refractivity contribution in [3.63, 3.8) is 0 Å². The first-order valence-corrected chi connectivity index (χ1v) is 5.39. The molecule has 0 atom stereocenters. The summed E-state index contributed by atoms with van der Waals surface area (Å²) in [5.41, 5.74) is 0.932. The summed E-state index contributed by atoms with van der Waals surface area (Å²) in [6, 6.07) is 0. The van der Waals surface area contributed by atoms with Crippen LogP contribution < -0.4 is 0 Å². The average Bonchev–Trinajstić information content (AvgIpc) is 2.61. The lowest BCUT2D eigenvalue weighted by atomic mass is 9.85. The van der Waals surface area contributed by atoms with E-state index < -0.39 is 5.97 Å². The van der Waals surface area contributed by atoms with Crippen molar-refractivity contribution in [3.8, 4) is 0 Å². The van der Waals surface area contributed by atoms with Crippen molar-refractivity contribution in [2.75, 3.05) is 0 Å². The Morgan fingerprint density at radius 1 is 1.40 bits per heavy atom. The molecule has 82 valence electrons. The molecule has 1 fully saturated rings. The maximum atomic E-state index is 11.0. The maximum Gasteiger partial charge on any atom is 0.341 e. The van der Waals surface area contributed by atoms with Crippen LogP contribution in [0.15, 0.2) is 4.52 Å². The Kier molecular flexibility index (Phi) is 2.75. The average molecular weight is 209 g/mol. The first kappa shape index (κ1) is 10.2. The summed E-state index contributed by atoms with van der Waals surface area (Å²) in [7, 11) is 0. The number of rotatable bonds is 2. The molecule has 0 aliphatic heterocycles. The standard InChI is InChI=1S/C11H15NO3/c1-7-9(11(13)14)10(12-15-7)8-5-3-2-4-6-8/h8H,2-6H2,1H3,(H,13,14). The van der Waals surface area contributed by atoms with Crippen LogP contribution in [0.4, 0.5) is 0 Å². The van der Waals surface area contributed by atoms with E-state index in [1.54, 1.807) is 6.92 Å². The van der Waals surface area contributed by atoms with Crippen LogP contribution in [0.25, 0.3) is 0 Å². The molecule has 0 radical (unpaired) electrons. The van der Waals surface area contributed by atoms with Crippen molar-refractivity contribution in [3.05, 3.63) is 17.0 Å². The Bertz CT molecular complexity index is 364. The molecule has 0 unspecified atom stereocenters. The Morgan fingerprint density at radius 3 is 2.67 bits per heavy atom. The monoisotopic (exact) mass is 209 g/mol. The topological polar surface area (TPSA) is 63.3 Å². The van der Waals surface area contributed by atoms with E-state index in [-0.39, 0.29) is 11.5 Å². The molecule has 0 aromatic carbocycles. The zero-order chi connectivity index (χ0) is 10.8. The van der Waals surface area contributed by atoms with Gasteiger partial charge in [-0.1, -0.05) is 24.4 Å². The van der Waals surface area contributed by atoms with E-state index in [1.807, 2.05) is 0 Å². The molecule has 2 rings (SSSR count). The Balaban J connectivity index is 2.30. The van der Waals surface area contributed by atoms with Crippen LogP contribution >= 0.6 is 0 Å². The number of hydrogen-bond acceptors (Lipinski definition) is 3. The minimum absolute atomic E-state index is 0.280. The third kappa shape index (κ3) is 1.89. The van der Waals surface area contributed by atoms with Crippen molar-refractivity contribution in [2.24, 2.45) is 0 Å². The minimum Gasteiger partial charge on any atom is -0.477 e. The molecule has 1 saturated carbocycles. The summed E-state index contributed by atoms with van der Waals surface area (Å²) in [6.07, 6.45) is 5.64. The highest BCUT2D eigenvalue weighted by molar-refractivity contribution is 5.90. The van der Waals surface area contributed by atoms with E-state index in [1.165, 1.54) is 6.42 Å². The van der Waals surface area contributed by atoms with E-state index in [0.29, 0.717) is 11.5 Å². The first-order chi connectivity index (χ1) is 7.20. The van der Waals surface area contributed by atoms with Gasteiger partial charge in [0.2, 0.25) is 0 Å². The van der Waals surface area contributed by atoms with Crippen LogP contribution in [0.3, 0.4) is 0 Å². The molecule has 0 amide bonds. The molecule has 4 heteroatoms. The number of aromatic carboxylic acids is 1. The molecular formula is C11H15NO3. The molecule has 1 N–H and O–H groups in total. The SMILES string of the molecule is Cc1onc(C2CCCCC2)c1C(=O)O. The van der Waals surface area contributed by atoms with Gasteiger partial charge in [-0.3, -0.25) is 0 Å². The van der Waals surface area contributed by atoms with Gasteiger partial charge < -0.3 is 9.63 Å². The van der Waals surface area contributed by atoms with Crippen LogP contribution in [0.5, 0.6) is 0 Å². The Morgan fingerprint density at radius 2 is 2.07 bits per heavy atom. The zero-order valence-corrected chi connectivity index (χ0v) is 8.82. The largest absolute Gasteiger partial charge is 0.477 e. The van der Waals surface area contributed by atoms with Gasteiger partial charge in [0, 0.05) is 5.92 Å². The fourth-order valence-corrected chi connectivity index (χ4v) is 2.30. The molecule has 0 saturated heterocycles. The van der Waals surface area contributed by atoms with Crippen molar-refractivity contribution < 1.29 is 14.4 Å². The number of aryl methyl sites for hydroxylation is 1. The lowest BCUT2D eigenvalue weighted by Gasteiger charge is -2.19. The van der Waals surface area contributed by atoms with Crippen LogP contribution in [-0.4, -0.2) is 16.2 Å². The molecule has 0 spiro atoms. The summed E-state index contributed by atoms with van der Waals surface area (Å²) in [6.45, 7) is 1.66. The number of carboxylic acid groups (broad SMARTS) is 1. The van der Waals surface area contributed by atoms with Gasteiger partial charge >= 0.3 is 5.97 Å². The molecule has 15 heavy (non-hydrogen) atoms. The second kappa shape index (κ2) is 4.04. The molecule has 4 nitrogen and oxygen atoms in total. The lowest BCUT2D eigenvalue weighted by Crippen LogP contribution is -2.10. The Hall–Kier alpha value is -1.32. The number of carboxylic acids is 1. The number of carbonyl (C=O) groups is 1. The van der Waals surface area contributed by atoms with Gasteiger partial charge in [-0.25, -0.2) is 4.79 Å². The molecule has 1 aliphatic carbocycles. The second-order valence-electron chi connectivity index (χ2n) is 4.14. The molecule has 0 bridgehead atoms. The lowest BCUT2D eigenvalue weighted by molar-refractivity contribution is 0.0693. The number of aromatic nitrogens is 1. The van der Waals surface area contributed by atoms with E-state index in [9.17, 15) is 4.79 Å².